The third-order valence-corrected chi connectivity index (χ3v) is 6.64. The number of nitrogens with zero attached hydrogens (tertiary/aromatic N) is 6. The van der Waals surface area contributed by atoms with Crippen molar-refractivity contribution in [3.05, 3.63) is 72.1 Å². The first-order chi connectivity index (χ1) is 15.4. The summed E-state index contributed by atoms with van der Waals surface area (Å²) < 4.78 is 36.4. The van der Waals surface area contributed by atoms with Gasteiger partial charge in [-0.3, -0.25) is 10.1 Å². The third kappa shape index (κ3) is 7.12. The molecule has 0 aliphatic rings. The van der Waals surface area contributed by atoms with Crippen molar-refractivity contribution in [3.63, 3.8) is 0 Å². The molecule has 0 aliphatic heterocycles. The molecule has 0 aliphatic carbocycles. The predicted molar refractivity (Wildman–Crippen MR) is 122 cm³/mol. The van der Waals surface area contributed by atoms with Gasteiger partial charge in [-0.2, -0.15) is 13.2 Å². The van der Waals surface area contributed by atoms with Crippen molar-refractivity contribution >= 4 is 13.3 Å². The first-order valence-electron chi connectivity index (χ1n) is 10.1. The maximum Gasteiger partial charge on any atom is 0.429 e. The van der Waals surface area contributed by atoms with Crippen LogP contribution in [-0.2, 0) is 26.3 Å². The molecular weight excluding hydrogens is 638 g/mol. The zero-order valence-electron chi connectivity index (χ0n) is 19.3. The van der Waals surface area contributed by atoms with Crippen molar-refractivity contribution < 1.29 is 33.3 Å². The molecule has 4 rings (SSSR count). The Kier molecular flexibility index (Phi) is 8.99. The number of halogens is 3. The van der Waals surface area contributed by atoms with E-state index in [2.05, 4.69) is 68.0 Å². The van der Waals surface area contributed by atoms with Crippen LogP contribution >= 0.6 is 0 Å². The summed E-state index contributed by atoms with van der Waals surface area (Å²) in [5, 5.41) is 7.63. The van der Waals surface area contributed by atoms with Crippen molar-refractivity contribution in [2.24, 2.45) is 0 Å². The summed E-state index contributed by atoms with van der Waals surface area (Å²) in [6, 6.07) is 14.2. The molecule has 181 valence electrons. The molecular formula is C23H23F3IrN6Si-2. The average molecular weight is 661 g/mol. The molecule has 0 unspecified atom stereocenters. The molecule has 0 aromatic carbocycles. The molecule has 0 N–H and O–H groups in total. The Morgan fingerprint density at radius 1 is 0.941 bits per heavy atom. The van der Waals surface area contributed by atoms with Gasteiger partial charge in [-0.25, -0.2) is 0 Å². The largest absolute Gasteiger partial charge is 0.429 e. The predicted octanol–water partition coefficient (Wildman–Crippen LogP) is 4.62. The monoisotopic (exact) mass is 661 g/mol. The van der Waals surface area contributed by atoms with E-state index in [1.54, 1.807) is 12.1 Å². The second-order valence-corrected chi connectivity index (χ2v) is 13.4. The van der Waals surface area contributed by atoms with Gasteiger partial charge in [0.05, 0.1) is 13.8 Å². The van der Waals surface area contributed by atoms with Gasteiger partial charge in [-0.1, -0.05) is 51.7 Å². The first kappa shape index (κ1) is 27.5. The normalized spacial score (nSPS) is 11.3. The zero-order chi connectivity index (χ0) is 24.2. The maximum atomic E-state index is 12.1. The van der Waals surface area contributed by atoms with Crippen molar-refractivity contribution in [1.29, 1.82) is 0 Å². The molecule has 0 fully saturated rings. The molecule has 0 amide bonds. The Hall–Kier alpha value is -2.75. The molecule has 0 spiro atoms. The standard InChI is InChI=1S/C15H19N2Si.C8H4F3N4.Ir/c1-11-6-8-14(12(2)17-11)15-9-7-13(10-16-15)18(3,4)5;9-8(10,11)7-13-6(14-15-7)5-3-1-2-4-12-5;/h6-7,9-10H,1-5H3;1-4H;/q2*-1;. The molecule has 0 saturated carbocycles. The quantitative estimate of drug-likeness (QED) is 0.236. The molecule has 0 saturated heterocycles. The van der Waals surface area contributed by atoms with Gasteiger partial charge in [0, 0.05) is 32.5 Å². The number of hydrogen-bond acceptors (Lipinski definition) is 5. The number of hydrogen-bond donors (Lipinski definition) is 0. The summed E-state index contributed by atoms with van der Waals surface area (Å²) in [5.74, 6) is -1.37. The Morgan fingerprint density at radius 2 is 1.68 bits per heavy atom. The van der Waals surface area contributed by atoms with Crippen molar-refractivity contribution in [2.75, 3.05) is 0 Å². The number of alkyl halides is 3. The van der Waals surface area contributed by atoms with E-state index in [4.69, 9.17) is 0 Å². The maximum absolute atomic E-state index is 12.1. The smallest absolute Gasteiger partial charge is 0.413 e. The molecule has 11 heteroatoms. The van der Waals surface area contributed by atoms with Crippen LogP contribution in [0.5, 0.6) is 0 Å². The van der Waals surface area contributed by atoms with Gasteiger partial charge >= 0.3 is 6.18 Å². The van der Waals surface area contributed by atoms with E-state index in [-0.39, 0.29) is 31.6 Å². The van der Waals surface area contributed by atoms with Gasteiger partial charge in [-0.05, 0) is 40.2 Å². The van der Waals surface area contributed by atoms with Gasteiger partial charge in [0.2, 0.25) is 0 Å². The van der Waals surface area contributed by atoms with Crippen molar-refractivity contribution in [1.82, 2.24) is 30.1 Å². The Morgan fingerprint density at radius 3 is 2.18 bits per heavy atom. The van der Waals surface area contributed by atoms with Crippen LogP contribution in [-0.4, -0.2) is 33.1 Å². The summed E-state index contributed by atoms with van der Waals surface area (Å²) in [4.78, 5) is 16.1. The van der Waals surface area contributed by atoms with Gasteiger partial charge in [0.25, 0.3) is 0 Å². The molecule has 4 aromatic rings. The van der Waals surface area contributed by atoms with Crippen molar-refractivity contribution in [3.8, 4) is 22.8 Å². The molecule has 0 bridgehead atoms. The summed E-state index contributed by atoms with van der Waals surface area (Å²) in [5.41, 5.74) is 4.21. The van der Waals surface area contributed by atoms with Crippen LogP contribution in [0.15, 0.2) is 48.8 Å². The molecule has 4 heterocycles. The van der Waals surface area contributed by atoms with E-state index >= 15 is 0 Å². The molecule has 0 atom stereocenters. The van der Waals surface area contributed by atoms with E-state index in [1.807, 2.05) is 26.1 Å². The minimum atomic E-state index is -4.57. The van der Waals surface area contributed by atoms with Crippen LogP contribution in [0.25, 0.3) is 22.8 Å². The van der Waals surface area contributed by atoms with E-state index in [1.165, 1.54) is 17.4 Å². The van der Waals surface area contributed by atoms with Gasteiger partial charge in [0.15, 0.2) is 0 Å². The van der Waals surface area contributed by atoms with Crippen LogP contribution in [0.4, 0.5) is 13.2 Å². The minimum absolute atomic E-state index is 0. The number of aromatic nitrogens is 6. The van der Waals surface area contributed by atoms with Crippen LogP contribution in [0.3, 0.4) is 0 Å². The van der Waals surface area contributed by atoms with E-state index in [0.717, 1.165) is 22.6 Å². The van der Waals surface area contributed by atoms with Crippen molar-refractivity contribution in [2.45, 2.75) is 39.7 Å². The fourth-order valence-corrected chi connectivity index (χ4v) is 3.88. The fraction of sp³-hybridized carbons (Fsp3) is 0.261. The summed E-state index contributed by atoms with van der Waals surface area (Å²) in [6.45, 7) is 11.0. The first-order valence-corrected chi connectivity index (χ1v) is 13.6. The Bertz CT molecular complexity index is 1210. The average Bonchev–Trinajstić information content (AvgIpc) is 3.25. The molecule has 4 aromatic heterocycles. The molecule has 6 nitrogen and oxygen atoms in total. The molecule has 1 radical (unpaired) electrons. The second kappa shape index (κ2) is 11.1. The summed E-state index contributed by atoms with van der Waals surface area (Å²) in [6.07, 6.45) is -1.12. The Balaban J connectivity index is 0.000000237. The van der Waals surface area contributed by atoms with Gasteiger partial charge < -0.3 is 20.1 Å². The topological polar surface area (TPSA) is 78.5 Å². The van der Waals surface area contributed by atoms with Gasteiger partial charge in [-0.15, -0.1) is 17.7 Å². The summed E-state index contributed by atoms with van der Waals surface area (Å²) in [7, 11) is -1.27. The van der Waals surface area contributed by atoms with Crippen LogP contribution in [0.2, 0.25) is 19.6 Å². The van der Waals surface area contributed by atoms with Crippen LogP contribution in [0, 0.1) is 19.9 Å². The van der Waals surface area contributed by atoms with E-state index < -0.39 is 20.1 Å². The zero-order valence-corrected chi connectivity index (χ0v) is 22.7. The second-order valence-electron chi connectivity index (χ2n) is 8.36. The SMILES string of the molecule is Cc1c[c-]c(-c2ccc([Si](C)(C)C)cn2)c(C)n1.FC(F)(F)c1n[n-]c(-c2ccccn2)n1.[Ir]. The van der Waals surface area contributed by atoms with E-state index in [0.29, 0.717) is 0 Å². The fourth-order valence-electron chi connectivity index (χ4n) is 2.84. The molecule has 34 heavy (non-hydrogen) atoms. The summed E-state index contributed by atoms with van der Waals surface area (Å²) >= 11 is 0. The van der Waals surface area contributed by atoms with Crippen LogP contribution in [0.1, 0.15) is 17.2 Å². The Labute approximate surface area is 210 Å². The third-order valence-electron chi connectivity index (χ3n) is 4.62. The number of rotatable bonds is 3. The van der Waals surface area contributed by atoms with Gasteiger partial charge in [0.1, 0.15) is 5.82 Å². The minimum Gasteiger partial charge on any atom is -0.413 e. The van der Waals surface area contributed by atoms with E-state index in [9.17, 15) is 13.2 Å². The number of aryl methyl sites for hydroxylation is 2. The van der Waals surface area contributed by atoms with Crippen LogP contribution < -0.4 is 10.3 Å². The number of pyridine rings is 3.